The third-order valence-electron chi connectivity index (χ3n) is 2.91. The van der Waals surface area contributed by atoms with Crippen molar-refractivity contribution in [2.75, 3.05) is 0 Å². The van der Waals surface area contributed by atoms with Gasteiger partial charge in [0.05, 0.1) is 11.0 Å². The molecule has 3 nitrogen and oxygen atoms in total. The van der Waals surface area contributed by atoms with E-state index in [9.17, 15) is 0 Å². The van der Waals surface area contributed by atoms with Crippen molar-refractivity contribution >= 4 is 11.0 Å². The van der Waals surface area contributed by atoms with E-state index < -0.39 is 0 Å². The monoisotopic (exact) mass is 223 g/mol. The van der Waals surface area contributed by atoms with Crippen molar-refractivity contribution in [2.24, 2.45) is 0 Å². The van der Waals surface area contributed by atoms with E-state index in [0.717, 1.165) is 28.8 Å². The molecule has 0 bridgehead atoms. The lowest BCUT2D eigenvalue weighted by Crippen LogP contribution is -1.82. The molecule has 0 amide bonds. The zero-order valence-corrected chi connectivity index (χ0v) is 9.64. The molecule has 0 saturated carbocycles. The molecule has 0 aliphatic heterocycles. The molecule has 0 atom stereocenters. The number of aryl methyl sites for hydroxylation is 1. The second kappa shape index (κ2) is 4.01. The number of hydrogen-bond donors (Lipinski definition) is 1. The largest absolute Gasteiger partial charge is 0.338 e. The van der Waals surface area contributed by atoms with Crippen LogP contribution in [0.1, 0.15) is 12.5 Å². The van der Waals surface area contributed by atoms with Crippen LogP contribution in [0.5, 0.6) is 0 Å². The molecule has 0 unspecified atom stereocenters. The van der Waals surface area contributed by atoms with E-state index in [1.165, 1.54) is 5.56 Å². The second-order valence-corrected chi connectivity index (χ2v) is 3.99. The van der Waals surface area contributed by atoms with Gasteiger partial charge in [-0.15, -0.1) is 0 Å². The lowest BCUT2D eigenvalue weighted by Gasteiger charge is -1.95. The van der Waals surface area contributed by atoms with Crippen LogP contribution in [0.4, 0.5) is 0 Å². The summed E-state index contributed by atoms with van der Waals surface area (Å²) in [4.78, 5) is 12.1. The maximum absolute atomic E-state index is 4.66. The van der Waals surface area contributed by atoms with Crippen molar-refractivity contribution < 1.29 is 0 Å². The average Bonchev–Trinajstić information content (AvgIpc) is 2.83. The molecule has 0 saturated heterocycles. The predicted octanol–water partition coefficient (Wildman–Crippen LogP) is 3.19. The van der Waals surface area contributed by atoms with Crippen LogP contribution in [0.2, 0.25) is 0 Å². The summed E-state index contributed by atoms with van der Waals surface area (Å²) in [6.45, 7) is 2.15. The molecule has 0 radical (unpaired) electrons. The number of para-hydroxylation sites is 1. The molecule has 3 rings (SSSR count). The summed E-state index contributed by atoms with van der Waals surface area (Å²) >= 11 is 0. The summed E-state index contributed by atoms with van der Waals surface area (Å²) in [6.07, 6.45) is 4.58. The number of nitrogens with one attached hydrogen (secondary N) is 1. The molecule has 0 aliphatic carbocycles. The third-order valence-corrected chi connectivity index (χ3v) is 2.91. The summed E-state index contributed by atoms with van der Waals surface area (Å²) in [6, 6.07) is 10.2. The van der Waals surface area contributed by atoms with Crippen LogP contribution >= 0.6 is 0 Å². The lowest BCUT2D eigenvalue weighted by atomic mass is 10.1. The highest BCUT2D eigenvalue weighted by atomic mass is 14.9. The smallest absolute Gasteiger partial charge is 0.140 e. The number of H-pyrrole nitrogens is 1. The molecule has 2 aromatic heterocycles. The SMILES string of the molecule is CCc1cccc2[nH]c(-c3cccnc3)nc12. The fraction of sp³-hybridized carbons (Fsp3) is 0.143. The first-order chi connectivity index (χ1) is 8.38. The van der Waals surface area contributed by atoms with E-state index in [1.54, 1.807) is 6.20 Å². The fourth-order valence-electron chi connectivity index (χ4n) is 2.02. The van der Waals surface area contributed by atoms with E-state index in [4.69, 9.17) is 0 Å². The van der Waals surface area contributed by atoms with Crippen LogP contribution in [0, 0.1) is 0 Å². The van der Waals surface area contributed by atoms with Gasteiger partial charge in [-0.2, -0.15) is 0 Å². The van der Waals surface area contributed by atoms with Gasteiger partial charge in [-0.1, -0.05) is 19.1 Å². The molecule has 17 heavy (non-hydrogen) atoms. The minimum absolute atomic E-state index is 0.883. The van der Waals surface area contributed by atoms with Gasteiger partial charge in [-0.05, 0) is 30.2 Å². The molecular formula is C14H13N3. The van der Waals surface area contributed by atoms with Crippen LogP contribution in [-0.2, 0) is 6.42 Å². The standard InChI is InChI=1S/C14H13N3/c1-2-10-5-3-7-12-13(10)17-14(16-12)11-6-4-8-15-9-11/h3-9H,2H2,1H3,(H,16,17). The first-order valence-corrected chi connectivity index (χ1v) is 5.76. The number of imidazole rings is 1. The van der Waals surface area contributed by atoms with Gasteiger partial charge in [0.1, 0.15) is 5.82 Å². The van der Waals surface area contributed by atoms with Crippen LogP contribution in [-0.4, -0.2) is 15.0 Å². The van der Waals surface area contributed by atoms with Crippen molar-refractivity contribution in [1.29, 1.82) is 0 Å². The van der Waals surface area contributed by atoms with Gasteiger partial charge in [0.25, 0.3) is 0 Å². The number of aromatic nitrogens is 3. The molecule has 84 valence electrons. The Morgan fingerprint density at radius 1 is 1.18 bits per heavy atom. The van der Waals surface area contributed by atoms with E-state index in [1.807, 2.05) is 18.3 Å². The Labute approximate surface area is 99.5 Å². The van der Waals surface area contributed by atoms with E-state index >= 15 is 0 Å². The number of aromatic amines is 1. The first-order valence-electron chi connectivity index (χ1n) is 5.76. The topological polar surface area (TPSA) is 41.6 Å². The molecule has 2 heterocycles. The Morgan fingerprint density at radius 2 is 2.12 bits per heavy atom. The Kier molecular flexibility index (Phi) is 2.37. The fourth-order valence-corrected chi connectivity index (χ4v) is 2.02. The zero-order valence-electron chi connectivity index (χ0n) is 9.64. The number of rotatable bonds is 2. The van der Waals surface area contributed by atoms with Crippen LogP contribution in [0.3, 0.4) is 0 Å². The number of pyridine rings is 1. The maximum atomic E-state index is 4.66. The summed E-state index contributed by atoms with van der Waals surface area (Å²) < 4.78 is 0. The van der Waals surface area contributed by atoms with Crippen molar-refractivity contribution in [3.63, 3.8) is 0 Å². The molecule has 0 fully saturated rings. The van der Waals surface area contributed by atoms with Crippen LogP contribution < -0.4 is 0 Å². The molecule has 0 aliphatic rings. The van der Waals surface area contributed by atoms with Crippen molar-refractivity contribution in [3.8, 4) is 11.4 Å². The number of hydrogen-bond acceptors (Lipinski definition) is 2. The molecule has 3 heteroatoms. The van der Waals surface area contributed by atoms with Gasteiger partial charge >= 0.3 is 0 Å². The average molecular weight is 223 g/mol. The van der Waals surface area contributed by atoms with Crippen molar-refractivity contribution in [1.82, 2.24) is 15.0 Å². The quantitative estimate of drug-likeness (QED) is 0.725. The van der Waals surface area contributed by atoms with E-state index in [-0.39, 0.29) is 0 Å². The second-order valence-electron chi connectivity index (χ2n) is 3.99. The van der Waals surface area contributed by atoms with Crippen LogP contribution in [0.15, 0.2) is 42.7 Å². The van der Waals surface area contributed by atoms with Gasteiger partial charge in [0.15, 0.2) is 0 Å². The third kappa shape index (κ3) is 1.69. The normalized spacial score (nSPS) is 10.9. The van der Waals surface area contributed by atoms with Gasteiger partial charge in [0, 0.05) is 18.0 Å². The number of nitrogens with zero attached hydrogens (tertiary/aromatic N) is 2. The Morgan fingerprint density at radius 3 is 2.88 bits per heavy atom. The summed E-state index contributed by atoms with van der Waals surface area (Å²) in [5.41, 5.74) is 4.44. The number of benzene rings is 1. The lowest BCUT2D eigenvalue weighted by molar-refractivity contribution is 1.15. The molecule has 1 aromatic carbocycles. The Balaban J connectivity index is 2.20. The molecule has 3 aromatic rings. The van der Waals surface area contributed by atoms with E-state index in [2.05, 4.69) is 40.1 Å². The highest BCUT2D eigenvalue weighted by molar-refractivity contribution is 5.82. The highest BCUT2D eigenvalue weighted by Gasteiger charge is 2.07. The minimum Gasteiger partial charge on any atom is -0.338 e. The summed E-state index contributed by atoms with van der Waals surface area (Å²) in [7, 11) is 0. The number of fused-ring (bicyclic) bond motifs is 1. The summed E-state index contributed by atoms with van der Waals surface area (Å²) in [5.74, 6) is 0.883. The van der Waals surface area contributed by atoms with Gasteiger partial charge < -0.3 is 4.98 Å². The van der Waals surface area contributed by atoms with Crippen molar-refractivity contribution in [2.45, 2.75) is 13.3 Å². The van der Waals surface area contributed by atoms with Gasteiger partial charge in [0.2, 0.25) is 0 Å². The summed E-state index contributed by atoms with van der Waals surface area (Å²) in [5, 5.41) is 0. The zero-order chi connectivity index (χ0) is 11.7. The first kappa shape index (κ1) is 10.0. The maximum Gasteiger partial charge on any atom is 0.140 e. The molecule has 1 N–H and O–H groups in total. The minimum atomic E-state index is 0.883. The van der Waals surface area contributed by atoms with E-state index in [0.29, 0.717) is 0 Å². The van der Waals surface area contributed by atoms with Gasteiger partial charge in [-0.3, -0.25) is 4.98 Å². The Bertz CT molecular complexity index is 641. The molecular weight excluding hydrogens is 210 g/mol. The Hall–Kier alpha value is -2.16. The van der Waals surface area contributed by atoms with Gasteiger partial charge in [-0.25, -0.2) is 4.98 Å². The molecule has 0 spiro atoms. The predicted molar refractivity (Wildman–Crippen MR) is 68.7 cm³/mol. The van der Waals surface area contributed by atoms with Crippen molar-refractivity contribution in [3.05, 3.63) is 48.3 Å². The van der Waals surface area contributed by atoms with Crippen LogP contribution in [0.25, 0.3) is 22.4 Å². The highest BCUT2D eigenvalue weighted by Crippen LogP contribution is 2.22.